The first-order chi connectivity index (χ1) is 10.3. The number of nitrogens with two attached hydrogens (primary N) is 1. The van der Waals surface area contributed by atoms with Crippen LogP contribution in [-0.2, 0) is 4.94 Å². The molecule has 2 N–H and O–H groups in total. The number of imidazole rings is 1. The molecule has 0 aromatic carbocycles. The van der Waals surface area contributed by atoms with E-state index in [0.29, 0.717) is 5.69 Å². The van der Waals surface area contributed by atoms with Gasteiger partial charge in [0.25, 0.3) is 5.91 Å². The highest BCUT2D eigenvalue weighted by molar-refractivity contribution is 7.12. The van der Waals surface area contributed by atoms with Crippen molar-refractivity contribution in [2.24, 2.45) is 11.1 Å². The smallest absolute Gasteiger partial charge is 0.266 e. The van der Waals surface area contributed by atoms with Crippen molar-refractivity contribution >= 4 is 23.5 Å². The summed E-state index contributed by atoms with van der Waals surface area (Å²) >= 11 is 1.47. The highest BCUT2D eigenvalue weighted by Gasteiger charge is 2.39. The Morgan fingerprint density at radius 1 is 1.57 bits per heavy atom. The Hall–Kier alpha value is -2.19. The van der Waals surface area contributed by atoms with Gasteiger partial charge in [-0.15, -0.1) is 17.2 Å². The second-order valence-corrected chi connectivity index (χ2v) is 5.93. The minimum atomic E-state index is 0.0267. The van der Waals surface area contributed by atoms with Crippen LogP contribution in [0.25, 0.3) is 5.69 Å². The number of oxime groups is 1. The Bertz CT molecular complexity index is 735. The van der Waals surface area contributed by atoms with E-state index in [4.69, 9.17) is 5.90 Å². The first-order valence-corrected chi connectivity index (χ1v) is 7.54. The number of rotatable bonds is 2. The van der Waals surface area contributed by atoms with Crippen molar-refractivity contribution < 1.29 is 9.73 Å². The minimum absolute atomic E-state index is 0.0267. The molecule has 4 heterocycles. The molecule has 21 heavy (non-hydrogen) atoms. The molecule has 2 aromatic heterocycles. The summed E-state index contributed by atoms with van der Waals surface area (Å²) in [5, 5.41) is 5.54. The summed E-state index contributed by atoms with van der Waals surface area (Å²) in [5.41, 5.74) is 2.54. The molecule has 0 spiro atoms. The molecule has 1 saturated heterocycles. The van der Waals surface area contributed by atoms with Crippen molar-refractivity contribution in [2.75, 3.05) is 6.54 Å². The van der Waals surface area contributed by atoms with Crippen molar-refractivity contribution in [1.82, 2.24) is 14.5 Å². The van der Waals surface area contributed by atoms with Gasteiger partial charge in [0.1, 0.15) is 16.9 Å². The van der Waals surface area contributed by atoms with E-state index in [-0.39, 0.29) is 11.9 Å². The molecule has 108 valence electrons. The quantitative estimate of drug-likeness (QED) is 0.672. The van der Waals surface area contributed by atoms with Crippen LogP contribution in [0.2, 0.25) is 0 Å². The largest absolute Gasteiger partial charge is 0.329 e. The molecule has 0 unspecified atom stereocenters. The molecule has 0 saturated carbocycles. The number of carbonyl (C=O) groups excluding carboxylic acids is 1. The first-order valence-electron chi connectivity index (χ1n) is 6.66. The number of fused-ring (bicyclic) bond motifs is 5. The zero-order valence-electron chi connectivity index (χ0n) is 11.1. The topological polar surface area (TPSA) is 85.7 Å². The summed E-state index contributed by atoms with van der Waals surface area (Å²) in [6.07, 6.45) is 5.14. The zero-order chi connectivity index (χ0) is 14.4. The second-order valence-electron chi connectivity index (χ2n) is 5.02. The summed E-state index contributed by atoms with van der Waals surface area (Å²) in [5.74, 6) is 5.05. The van der Waals surface area contributed by atoms with Crippen LogP contribution in [0, 0.1) is 0 Å². The van der Waals surface area contributed by atoms with E-state index >= 15 is 0 Å². The van der Waals surface area contributed by atoms with Gasteiger partial charge in [-0.1, -0.05) is 5.16 Å². The molecule has 8 heteroatoms. The van der Waals surface area contributed by atoms with Crippen LogP contribution in [0.15, 0.2) is 22.9 Å². The molecule has 1 fully saturated rings. The lowest BCUT2D eigenvalue weighted by Gasteiger charge is -2.22. The van der Waals surface area contributed by atoms with Crippen LogP contribution in [0.5, 0.6) is 0 Å². The van der Waals surface area contributed by atoms with Gasteiger partial charge in [-0.2, -0.15) is 0 Å². The van der Waals surface area contributed by atoms with Crippen molar-refractivity contribution in [3.63, 3.8) is 0 Å². The van der Waals surface area contributed by atoms with Gasteiger partial charge in [0, 0.05) is 6.54 Å². The number of carbonyl (C=O) groups is 1. The van der Waals surface area contributed by atoms with Crippen molar-refractivity contribution in [1.29, 1.82) is 0 Å². The lowest BCUT2D eigenvalue weighted by atomic mass is 10.1. The monoisotopic (exact) mass is 303 g/mol. The molecule has 1 atom stereocenters. The Morgan fingerprint density at radius 3 is 3.33 bits per heavy atom. The first kappa shape index (κ1) is 12.5. The fraction of sp³-hybridized carbons (Fsp3) is 0.308. The van der Waals surface area contributed by atoms with Gasteiger partial charge in [-0.25, -0.2) is 4.98 Å². The van der Waals surface area contributed by atoms with E-state index in [9.17, 15) is 4.79 Å². The Kier molecular flexibility index (Phi) is 2.79. The molecular formula is C13H13N5O2S. The van der Waals surface area contributed by atoms with Gasteiger partial charge >= 0.3 is 0 Å². The lowest BCUT2D eigenvalue weighted by Crippen LogP contribution is -2.29. The summed E-state index contributed by atoms with van der Waals surface area (Å²) in [6.45, 7) is 0.774. The molecule has 0 aliphatic carbocycles. The fourth-order valence-electron chi connectivity index (χ4n) is 3.15. The maximum absolute atomic E-state index is 12.7. The number of thiophene rings is 1. The minimum Gasteiger partial charge on any atom is -0.329 e. The number of aromatic nitrogens is 2. The zero-order valence-corrected chi connectivity index (χ0v) is 11.9. The molecular weight excluding hydrogens is 290 g/mol. The maximum Gasteiger partial charge on any atom is 0.266 e. The predicted octanol–water partition coefficient (Wildman–Crippen LogP) is 1.45. The van der Waals surface area contributed by atoms with E-state index in [1.165, 1.54) is 17.6 Å². The third kappa shape index (κ3) is 1.72. The Balaban J connectivity index is 1.95. The molecule has 4 rings (SSSR count). The Labute approximate surface area is 124 Å². The van der Waals surface area contributed by atoms with E-state index in [0.717, 1.165) is 35.6 Å². The van der Waals surface area contributed by atoms with Gasteiger partial charge in [-0.3, -0.25) is 9.36 Å². The number of hydrogen-bond acceptors (Lipinski definition) is 6. The van der Waals surface area contributed by atoms with E-state index < -0.39 is 0 Å². The van der Waals surface area contributed by atoms with E-state index in [2.05, 4.69) is 15.1 Å². The van der Waals surface area contributed by atoms with Gasteiger partial charge in [-0.05, 0) is 24.3 Å². The average molecular weight is 303 g/mol. The highest BCUT2D eigenvalue weighted by Crippen LogP contribution is 2.40. The molecule has 2 aromatic rings. The molecule has 1 amide bonds. The van der Waals surface area contributed by atoms with Gasteiger partial charge < -0.3 is 9.84 Å². The normalized spacial score (nSPS) is 20.3. The third-order valence-corrected chi connectivity index (χ3v) is 4.89. The second kappa shape index (κ2) is 4.68. The molecule has 2 aliphatic rings. The summed E-state index contributed by atoms with van der Waals surface area (Å²) < 4.78 is 1.98. The molecule has 0 bridgehead atoms. The van der Waals surface area contributed by atoms with E-state index in [1.54, 1.807) is 6.33 Å². The lowest BCUT2D eigenvalue weighted by molar-refractivity contribution is 0.0743. The fourth-order valence-corrected chi connectivity index (χ4v) is 3.99. The van der Waals surface area contributed by atoms with Crippen LogP contribution < -0.4 is 5.90 Å². The van der Waals surface area contributed by atoms with Crippen LogP contribution >= 0.6 is 11.3 Å². The number of nitrogens with zero attached hydrogens (tertiary/aromatic N) is 4. The molecule has 2 aliphatic heterocycles. The number of hydrogen-bond donors (Lipinski definition) is 1. The van der Waals surface area contributed by atoms with Crippen molar-refractivity contribution in [3.05, 3.63) is 34.0 Å². The maximum atomic E-state index is 12.7. The van der Waals surface area contributed by atoms with Gasteiger partial charge in [0.15, 0.2) is 0 Å². The van der Waals surface area contributed by atoms with E-state index in [1.807, 2.05) is 20.9 Å². The third-order valence-electron chi connectivity index (χ3n) is 4.00. The van der Waals surface area contributed by atoms with Gasteiger partial charge in [0.05, 0.1) is 23.6 Å². The van der Waals surface area contributed by atoms with Crippen LogP contribution in [0.3, 0.4) is 0 Å². The van der Waals surface area contributed by atoms with Crippen LogP contribution in [0.4, 0.5) is 0 Å². The highest BCUT2D eigenvalue weighted by atomic mass is 32.1. The summed E-state index contributed by atoms with van der Waals surface area (Å²) in [6, 6.07) is 1.98. The van der Waals surface area contributed by atoms with Crippen LogP contribution in [-0.4, -0.2) is 33.1 Å². The standard InChI is InChI=1S/C13H13N5O2S/c14-20-16-6-8-11-9-2-1-4-17(9)13(19)12-10(3-5-21-12)18(11)7-15-8/h3,5-7,9H,1-2,4,14H2/t9-/m0/s1. The average Bonchev–Trinajstić information content (AvgIpc) is 3.20. The number of amides is 1. The molecule has 0 radical (unpaired) electrons. The van der Waals surface area contributed by atoms with Gasteiger partial charge in [0.2, 0.25) is 0 Å². The Morgan fingerprint density at radius 2 is 2.48 bits per heavy atom. The SMILES string of the molecule is NON=Cc1ncn2c1[C@@H]1CCCN1C(=O)c1sccc1-2. The summed E-state index contributed by atoms with van der Waals surface area (Å²) in [7, 11) is 0. The summed E-state index contributed by atoms with van der Waals surface area (Å²) in [4.78, 5) is 24.0. The van der Waals surface area contributed by atoms with Crippen LogP contribution in [0.1, 0.15) is 39.9 Å². The predicted molar refractivity (Wildman–Crippen MR) is 77.3 cm³/mol. The van der Waals surface area contributed by atoms with Crippen molar-refractivity contribution in [3.8, 4) is 5.69 Å². The molecule has 7 nitrogen and oxygen atoms in total. The van der Waals surface area contributed by atoms with Crippen molar-refractivity contribution in [2.45, 2.75) is 18.9 Å².